The fourth-order valence-electron chi connectivity index (χ4n) is 2.72. The number of nitrogens with one attached hydrogen (secondary N) is 3. The number of benzene rings is 2. The van der Waals surface area contributed by atoms with Gasteiger partial charge in [-0.05, 0) is 44.0 Å². The molecule has 2 aromatic carbocycles. The van der Waals surface area contributed by atoms with Crippen LogP contribution in [-0.4, -0.2) is 31.6 Å². The molecule has 0 unspecified atom stereocenters. The maximum atomic E-state index is 11.1. The molecule has 0 fully saturated rings. The average molecular weight is 383 g/mol. The van der Waals surface area contributed by atoms with Crippen molar-refractivity contribution in [2.75, 3.05) is 25.0 Å². The number of para-hydroxylation sites is 1. The summed E-state index contributed by atoms with van der Waals surface area (Å²) in [5, 5.41) is 9.41. The highest BCUT2D eigenvalue weighted by Gasteiger charge is 2.03. The van der Waals surface area contributed by atoms with Crippen molar-refractivity contribution in [2.24, 2.45) is 4.99 Å². The highest BCUT2D eigenvalue weighted by atomic mass is 16.5. The van der Waals surface area contributed by atoms with E-state index in [2.05, 4.69) is 20.9 Å². The molecule has 28 heavy (non-hydrogen) atoms. The van der Waals surface area contributed by atoms with E-state index in [1.165, 1.54) is 12.5 Å². The van der Waals surface area contributed by atoms with Crippen LogP contribution in [-0.2, 0) is 17.8 Å². The van der Waals surface area contributed by atoms with Gasteiger partial charge in [-0.15, -0.1) is 0 Å². The molecule has 3 N–H and O–H groups in total. The molecule has 0 aliphatic carbocycles. The number of guanidine groups is 1. The Morgan fingerprint density at radius 2 is 1.79 bits per heavy atom. The van der Waals surface area contributed by atoms with E-state index in [1.54, 1.807) is 0 Å². The van der Waals surface area contributed by atoms with Crippen LogP contribution >= 0.6 is 0 Å². The summed E-state index contributed by atoms with van der Waals surface area (Å²) >= 11 is 0. The SMILES string of the molecule is CCNC(=NCc1ccccc1OCC)NCCc1ccc(NC(C)=O)cc1. The second kappa shape index (κ2) is 11.6. The molecule has 0 aliphatic rings. The largest absolute Gasteiger partial charge is 0.494 e. The number of carbonyl (C=O) groups excluding carboxylic acids is 1. The number of nitrogens with zero attached hydrogens (tertiary/aromatic N) is 1. The molecular weight excluding hydrogens is 352 g/mol. The van der Waals surface area contributed by atoms with E-state index >= 15 is 0 Å². The predicted octanol–water partition coefficient (Wildman–Crippen LogP) is 3.34. The lowest BCUT2D eigenvalue weighted by atomic mass is 10.1. The summed E-state index contributed by atoms with van der Waals surface area (Å²) in [5.74, 6) is 1.60. The summed E-state index contributed by atoms with van der Waals surface area (Å²) < 4.78 is 5.67. The molecule has 0 atom stereocenters. The summed E-state index contributed by atoms with van der Waals surface area (Å²) in [7, 11) is 0. The van der Waals surface area contributed by atoms with Crippen LogP contribution in [0.3, 0.4) is 0 Å². The van der Waals surface area contributed by atoms with E-state index in [0.717, 1.165) is 42.5 Å². The maximum absolute atomic E-state index is 11.1. The van der Waals surface area contributed by atoms with Crippen LogP contribution < -0.4 is 20.7 Å². The third-order valence-electron chi connectivity index (χ3n) is 4.00. The second-order valence-corrected chi connectivity index (χ2v) is 6.29. The third-order valence-corrected chi connectivity index (χ3v) is 4.00. The van der Waals surface area contributed by atoms with E-state index in [1.807, 2.05) is 62.4 Å². The Bertz CT molecular complexity index is 772. The summed E-state index contributed by atoms with van der Waals surface area (Å²) in [4.78, 5) is 15.8. The lowest BCUT2D eigenvalue weighted by Crippen LogP contribution is -2.38. The molecule has 0 aromatic heterocycles. The molecule has 0 saturated heterocycles. The van der Waals surface area contributed by atoms with Gasteiger partial charge in [0.15, 0.2) is 5.96 Å². The van der Waals surface area contributed by atoms with E-state index in [0.29, 0.717) is 13.2 Å². The first kappa shape index (κ1) is 21.3. The predicted molar refractivity (Wildman–Crippen MR) is 115 cm³/mol. The second-order valence-electron chi connectivity index (χ2n) is 6.29. The lowest BCUT2D eigenvalue weighted by molar-refractivity contribution is -0.114. The zero-order valence-corrected chi connectivity index (χ0v) is 16.9. The number of ether oxygens (including phenoxy) is 1. The van der Waals surface area contributed by atoms with Crippen LogP contribution in [0.25, 0.3) is 0 Å². The maximum Gasteiger partial charge on any atom is 0.221 e. The van der Waals surface area contributed by atoms with Gasteiger partial charge in [0, 0.05) is 31.3 Å². The number of aliphatic imine (C=N–C) groups is 1. The monoisotopic (exact) mass is 382 g/mol. The van der Waals surface area contributed by atoms with Gasteiger partial charge in [0.1, 0.15) is 5.75 Å². The average Bonchev–Trinajstić information content (AvgIpc) is 2.68. The first-order valence-electron chi connectivity index (χ1n) is 9.71. The van der Waals surface area contributed by atoms with Crippen LogP contribution in [0.2, 0.25) is 0 Å². The molecular formula is C22H30N4O2. The van der Waals surface area contributed by atoms with Gasteiger partial charge in [-0.1, -0.05) is 30.3 Å². The fraction of sp³-hybridized carbons (Fsp3) is 0.364. The molecule has 6 heteroatoms. The van der Waals surface area contributed by atoms with Crippen molar-refractivity contribution < 1.29 is 9.53 Å². The van der Waals surface area contributed by atoms with Crippen molar-refractivity contribution in [3.8, 4) is 5.75 Å². The third kappa shape index (κ3) is 7.31. The molecule has 0 bridgehead atoms. The first-order chi connectivity index (χ1) is 13.6. The van der Waals surface area contributed by atoms with Gasteiger partial charge in [-0.3, -0.25) is 4.79 Å². The Hall–Kier alpha value is -3.02. The minimum atomic E-state index is -0.0631. The Morgan fingerprint density at radius 1 is 1.04 bits per heavy atom. The van der Waals surface area contributed by atoms with Crippen LogP contribution in [0, 0.1) is 0 Å². The summed E-state index contributed by atoms with van der Waals surface area (Å²) in [6, 6.07) is 15.9. The Morgan fingerprint density at radius 3 is 2.46 bits per heavy atom. The topological polar surface area (TPSA) is 74.8 Å². The van der Waals surface area contributed by atoms with Gasteiger partial charge in [0.2, 0.25) is 5.91 Å². The lowest BCUT2D eigenvalue weighted by Gasteiger charge is -2.13. The van der Waals surface area contributed by atoms with E-state index in [9.17, 15) is 4.79 Å². The highest BCUT2D eigenvalue weighted by Crippen LogP contribution is 2.18. The summed E-state index contributed by atoms with van der Waals surface area (Å²) in [6.45, 7) is 8.28. The number of amides is 1. The van der Waals surface area contributed by atoms with Crippen molar-refractivity contribution in [3.63, 3.8) is 0 Å². The first-order valence-corrected chi connectivity index (χ1v) is 9.71. The molecule has 0 saturated carbocycles. The van der Waals surface area contributed by atoms with Crippen LogP contribution in [0.5, 0.6) is 5.75 Å². The van der Waals surface area contributed by atoms with Crippen molar-refractivity contribution in [2.45, 2.75) is 33.7 Å². The number of anilines is 1. The molecule has 1 amide bonds. The zero-order chi connectivity index (χ0) is 20.2. The quantitative estimate of drug-likeness (QED) is 0.459. The van der Waals surface area contributed by atoms with Crippen LogP contribution in [0.1, 0.15) is 31.9 Å². The van der Waals surface area contributed by atoms with Gasteiger partial charge in [0.05, 0.1) is 13.2 Å². The zero-order valence-electron chi connectivity index (χ0n) is 16.9. The van der Waals surface area contributed by atoms with Gasteiger partial charge in [-0.25, -0.2) is 4.99 Å². The number of carbonyl (C=O) groups is 1. The number of hydrogen-bond acceptors (Lipinski definition) is 3. The van der Waals surface area contributed by atoms with E-state index in [-0.39, 0.29) is 5.91 Å². The highest BCUT2D eigenvalue weighted by molar-refractivity contribution is 5.88. The molecule has 0 aliphatic heterocycles. The van der Waals surface area contributed by atoms with Crippen molar-refractivity contribution in [1.29, 1.82) is 0 Å². The molecule has 2 aromatic rings. The van der Waals surface area contributed by atoms with Gasteiger partial charge in [-0.2, -0.15) is 0 Å². The standard InChI is InChI=1S/C22H30N4O2/c1-4-23-22(25-16-19-8-6-7-9-21(19)28-5-2)24-15-14-18-10-12-20(13-11-18)26-17(3)27/h6-13H,4-5,14-16H2,1-3H3,(H,26,27)(H2,23,24,25). The normalized spacial score (nSPS) is 11.0. The van der Waals surface area contributed by atoms with Crippen LogP contribution in [0.15, 0.2) is 53.5 Å². The van der Waals surface area contributed by atoms with Gasteiger partial charge in [0.25, 0.3) is 0 Å². The molecule has 6 nitrogen and oxygen atoms in total. The minimum Gasteiger partial charge on any atom is -0.494 e. The minimum absolute atomic E-state index is 0.0631. The van der Waals surface area contributed by atoms with Crippen molar-refractivity contribution >= 4 is 17.6 Å². The van der Waals surface area contributed by atoms with E-state index < -0.39 is 0 Å². The summed E-state index contributed by atoms with van der Waals surface area (Å²) in [6.07, 6.45) is 0.861. The van der Waals surface area contributed by atoms with Gasteiger partial charge < -0.3 is 20.7 Å². The Balaban J connectivity index is 1.90. The Kier molecular flexibility index (Phi) is 8.85. The molecule has 0 radical (unpaired) electrons. The number of hydrogen-bond donors (Lipinski definition) is 3. The van der Waals surface area contributed by atoms with E-state index in [4.69, 9.17) is 4.74 Å². The molecule has 150 valence electrons. The van der Waals surface area contributed by atoms with Crippen molar-refractivity contribution in [3.05, 3.63) is 59.7 Å². The van der Waals surface area contributed by atoms with Gasteiger partial charge >= 0.3 is 0 Å². The summed E-state index contributed by atoms with van der Waals surface area (Å²) in [5.41, 5.74) is 3.07. The molecule has 0 heterocycles. The number of rotatable bonds is 9. The molecule has 2 rings (SSSR count). The van der Waals surface area contributed by atoms with Crippen molar-refractivity contribution in [1.82, 2.24) is 10.6 Å². The fourth-order valence-corrected chi connectivity index (χ4v) is 2.72. The Labute approximate surface area is 167 Å². The van der Waals surface area contributed by atoms with Crippen LogP contribution in [0.4, 0.5) is 5.69 Å². The molecule has 0 spiro atoms. The smallest absolute Gasteiger partial charge is 0.221 e.